The van der Waals surface area contributed by atoms with Crippen molar-refractivity contribution in [1.29, 1.82) is 0 Å². The van der Waals surface area contributed by atoms with E-state index < -0.39 is 0 Å². The fraction of sp³-hybridized carbons (Fsp3) is 0.250. The maximum absolute atomic E-state index is 12.2. The van der Waals surface area contributed by atoms with E-state index in [-0.39, 0.29) is 11.9 Å². The molecule has 0 saturated carbocycles. The summed E-state index contributed by atoms with van der Waals surface area (Å²) in [6, 6.07) is 16.3. The van der Waals surface area contributed by atoms with Gasteiger partial charge in [0.05, 0.1) is 6.04 Å². The zero-order valence-corrected chi connectivity index (χ0v) is 15.3. The van der Waals surface area contributed by atoms with Gasteiger partial charge in [-0.1, -0.05) is 52.3 Å². The van der Waals surface area contributed by atoms with E-state index in [9.17, 15) is 4.79 Å². The number of fused-ring (bicyclic) bond motifs is 1. The SMILES string of the molecule is CC(NC(=O)CCCc1c[nH]c2ccccc12)c1ccccc1Br. The lowest BCUT2D eigenvalue weighted by atomic mass is 10.1. The van der Waals surface area contributed by atoms with Crippen LogP contribution in [0, 0.1) is 0 Å². The quantitative estimate of drug-likeness (QED) is 0.607. The summed E-state index contributed by atoms with van der Waals surface area (Å²) >= 11 is 3.53. The van der Waals surface area contributed by atoms with Gasteiger partial charge in [0.25, 0.3) is 0 Å². The number of aromatic nitrogens is 1. The molecule has 0 bridgehead atoms. The fourth-order valence-corrected chi connectivity index (χ4v) is 3.62. The van der Waals surface area contributed by atoms with E-state index in [1.165, 1.54) is 10.9 Å². The molecule has 3 aromatic rings. The number of rotatable bonds is 6. The maximum Gasteiger partial charge on any atom is 0.220 e. The number of para-hydroxylation sites is 1. The number of benzene rings is 2. The molecule has 0 spiro atoms. The molecule has 2 aromatic carbocycles. The fourth-order valence-electron chi connectivity index (χ4n) is 3.00. The van der Waals surface area contributed by atoms with Crippen molar-refractivity contribution in [3.63, 3.8) is 0 Å². The lowest BCUT2D eigenvalue weighted by Gasteiger charge is -2.15. The molecule has 3 nitrogen and oxygen atoms in total. The second kappa shape index (κ2) is 7.67. The van der Waals surface area contributed by atoms with Crippen molar-refractivity contribution in [2.45, 2.75) is 32.2 Å². The third kappa shape index (κ3) is 3.88. The molecule has 0 aliphatic carbocycles. The first-order valence-corrected chi connectivity index (χ1v) is 9.03. The molecule has 2 N–H and O–H groups in total. The summed E-state index contributed by atoms with van der Waals surface area (Å²) in [6.07, 6.45) is 4.33. The van der Waals surface area contributed by atoms with Crippen LogP contribution in [-0.2, 0) is 11.2 Å². The number of amides is 1. The number of carbonyl (C=O) groups excluding carboxylic acids is 1. The predicted molar refractivity (Wildman–Crippen MR) is 102 cm³/mol. The van der Waals surface area contributed by atoms with Gasteiger partial charge in [-0.15, -0.1) is 0 Å². The number of aromatic amines is 1. The minimum Gasteiger partial charge on any atom is -0.361 e. The normalized spacial score (nSPS) is 12.2. The van der Waals surface area contributed by atoms with Crippen molar-refractivity contribution >= 4 is 32.7 Å². The molecule has 0 saturated heterocycles. The molecule has 0 aliphatic heterocycles. The zero-order chi connectivity index (χ0) is 16.9. The first-order valence-electron chi connectivity index (χ1n) is 8.24. The van der Waals surface area contributed by atoms with Gasteiger partial charge in [0.1, 0.15) is 0 Å². The highest BCUT2D eigenvalue weighted by atomic mass is 79.9. The van der Waals surface area contributed by atoms with E-state index in [1.54, 1.807) is 0 Å². The molecule has 0 aliphatic rings. The second-order valence-corrected chi connectivity index (χ2v) is 6.88. The molecular formula is C20H21BrN2O. The van der Waals surface area contributed by atoms with Crippen molar-refractivity contribution in [2.75, 3.05) is 0 Å². The van der Waals surface area contributed by atoms with Crippen LogP contribution in [0.1, 0.15) is 36.9 Å². The molecule has 124 valence electrons. The van der Waals surface area contributed by atoms with Crippen molar-refractivity contribution in [1.82, 2.24) is 10.3 Å². The van der Waals surface area contributed by atoms with E-state index in [2.05, 4.69) is 38.4 Å². The largest absolute Gasteiger partial charge is 0.361 e. The van der Waals surface area contributed by atoms with Crippen LogP contribution in [0.5, 0.6) is 0 Å². The van der Waals surface area contributed by atoms with Gasteiger partial charge in [-0.2, -0.15) is 0 Å². The van der Waals surface area contributed by atoms with Gasteiger partial charge in [-0.3, -0.25) is 4.79 Å². The minimum absolute atomic E-state index is 0.00108. The van der Waals surface area contributed by atoms with Crippen LogP contribution in [0.2, 0.25) is 0 Å². The van der Waals surface area contributed by atoms with Crippen molar-refractivity contribution in [3.05, 3.63) is 70.3 Å². The lowest BCUT2D eigenvalue weighted by Crippen LogP contribution is -2.26. The molecule has 1 amide bonds. The van der Waals surface area contributed by atoms with Crippen molar-refractivity contribution < 1.29 is 4.79 Å². The second-order valence-electron chi connectivity index (χ2n) is 6.02. The van der Waals surface area contributed by atoms with E-state index in [4.69, 9.17) is 0 Å². The van der Waals surface area contributed by atoms with Gasteiger partial charge < -0.3 is 10.3 Å². The molecule has 1 unspecified atom stereocenters. The van der Waals surface area contributed by atoms with Gasteiger partial charge in [-0.25, -0.2) is 0 Å². The van der Waals surface area contributed by atoms with Crippen LogP contribution in [-0.4, -0.2) is 10.9 Å². The van der Waals surface area contributed by atoms with Gasteiger partial charge in [0.15, 0.2) is 0 Å². The minimum atomic E-state index is 0.00108. The van der Waals surface area contributed by atoms with Gasteiger partial charge in [-0.05, 0) is 43.0 Å². The van der Waals surface area contributed by atoms with E-state index in [0.717, 1.165) is 28.4 Å². The number of halogens is 1. The topological polar surface area (TPSA) is 44.9 Å². The first-order chi connectivity index (χ1) is 11.6. The van der Waals surface area contributed by atoms with Gasteiger partial charge in [0.2, 0.25) is 5.91 Å². The smallest absolute Gasteiger partial charge is 0.220 e. The summed E-state index contributed by atoms with van der Waals surface area (Å²) in [5.41, 5.74) is 3.53. The Morgan fingerprint density at radius 1 is 1.17 bits per heavy atom. The van der Waals surface area contributed by atoms with E-state index >= 15 is 0 Å². The highest BCUT2D eigenvalue weighted by Crippen LogP contribution is 2.23. The molecule has 24 heavy (non-hydrogen) atoms. The van der Waals surface area contributed by atoms with Gasteiger partial charge in [0, 0.05) is 28.0 Å². The molecule has 3 rings (SSSR count). The monoisotopic (exact) mass is 384 g/mol. The average Bonchev–Trinajstić information content (AvgIpc) is 2.98. The van der Waals surface area contributed by atoms with Crippen LogP contribution < -0.4 is 5.32 Å². The maximum atomic E-state index is 12.2. The van der Waals surface area contributed by atoms with Crippen molar-refractivity contribution in [2.24, 2.45) is 0 Å². The molecule has 0 fully saturated rings. The molecule has 1 atom stereocenters. The number of aryl methyl sites for hydroxylation is 1. The van der Waals surface area contributed by atoms with Crippen molar-refractivity contribution in [3.8, 4) is 0 Å². The number of nitrogens with one attached hydrogen (secondary N) is 2. The third-order valence-electron chi connectivity index (χ3n) is 4.27. The Morgan fingerprint density at radius 2 is 1.92 bits per heavy atom. The molecular weight excluding hydrogens is 364 g/mol. The van der Waals surface area contributed by atoms with Crippen LogP contribution in [0.3, 0.4) is 0 Å². The molecule has 1 aromatic heterocycles. The number of carbonyl (C=O) groups is 1. The summed E-state index contributed by atoms with van der Waals surface area (Å²) in [4.78, 5) is 15.5. The summed E-state index contributed by atoms with van der Waals surface area (Å²) in [5.74, 6) is 0.0955. The Morgan fingerprint density at radius 3 is 2.75 bits per heavy atom. The van der Waals surface area contributed by atoms with Crippen LogP contribution in [0.4, 0.5) is 0 Å². The van der Waals surface area contributed by atoms with Crippen LogP contribution in [0.15, 0.2) is 59.2 Å². The Bertz CT molecular complexity index is 840. The lowest BCUT2D eigenvalue weighted by molar-refractivity contribution is -0.121. The van der Waals surface area contributed by atoms with Crippen LogP contribution >= 0.6 is 15.9 Å². The average molecular weight is 385 g/mol. The summed E-state index contributed by atoms with van der Waals surface area (Å²) in [7, 11) is 0. The Balaban J connectivity index is 1.52. The summed E-state index contributed by atoms with van der Waals surface area (Å²) in [6.45, 7) is 2.01. The number of hydrogen-bond acceptors (Lipinski definition) is 1. The summed E-state index contributed by atoms with van der Waals surface area (Å²) < 4.78 is 1.02. The van der Waals surface area contributed by atoms with E-state index in [1.807, 2.05) is 49.5 Å². The highest BCUT2D eigenvalue weighted by Gasteiger charge is 2.12. The predicted octanol–water partition coefficient (Wildman–Crippen LogP) is 5.13. The van der Waals surface area contributed by atoms with E-state index in [0.29, 0.717) is 6.42 Å². The molecule has 0 radical (unpaired) electrons. The Labute approximate surface area is 150 Å². The molecule has 4 heteroatoms. The Hall–Kier alpha value is -2.07. The highest BCUT2D eigenvalue weighted by molar-refractivity contribution is 9.10. The van der Waals surface area contributed by atoms with Gasteiger partial charge >= 0.3 is 0 Å². The number of H-pyrrole nitrogens is 1. The third-order valence-corrected chi connectivity index (χ3v) is 5.00. The first kappa shape index (κ1) is 16.8. The summed E-state index contributed by atoms with van der Waals surface area (Å²) in [5, 5.41) is 4.33. The number of hydrogen-bond donors (Lipinski definition) is 2. The standard InChI is InChI=1S/C20H21BrN2O/c1-14(16-8-2-4-10-18(16)21)23-20(24)12-6-7-15-13-22-19-11-5-3-9-17(15)19/h2-5,8-11,13-14,22H,6-7,12H2,1H3,(H,23,24). The zero-order valence-electron chi connectivity index (χ0n) is 13.7. The van der Waals surface area contributed by atoms with Crippen LogP contribution in [0.25, 0.3) is 10.9 Å². The molecule has 1 heterocycles. The Kier molecular flexibility index (Phi) is 5.36.